The molecule has 0 atom stereocenters. The first-order chi connectivity index (χ1) is 21.7. The molecule has 0 unspecified atom stereocenters. The number of aromatic nitrogens is 3. The molecule has 1 heterocycles. The molecule has 0 saturated heterocycles. The summed E-state index contributed by atoms with van der Waals surface area (Å²) in [5.41, 5.74) is 3.93. The van der Waals surface area contributed by atoms with Gasteiger partial charge in [0.2, 0.25) is 5.28 Å². The van der Waals surface area contributed by atoms with Gasteiger partial charge in [-0.05, 0) is 67.5 Å². The minimum absolute atomic E-state index is 0.0539. The molecule has 6 aromatic carbocycles. The van der Waals surface area contributed by atoms with Crippen molar-refractivity contribution in [1.82, 2.24) is 15.0 Å². The van der Waals surface area contributed by atoms with Gasteiger partial charge in [0.15, 0.2) is 11.6 Å². The van der Waals surface area contributed by atoms with Gasteiger partial charge in [0.1, 0.15) is 0 Å². The summed E-state index contributed by atoms with van der Waals surface area (Å²) in [5, 5.41) is 3.81. The molecule has 1 aromatic heterocycles. The molecular formula is C35H22ClN3. The highest BCUT2D eigenvalue weighted by atomic mass is 35.5. The quantitative estimate of drug-likeness (QED) is 0.229. The van der Waals surface area contributed by atoms with Crippen LogP contribution in [0.25, 0.3) is 66.6 Å². The van der Waals surface area contributed by atoms with Crippen LogP contribution in [0.2, 0.25) is 5.28 Å². The average Bonchev–Trinajstić information content (AvgIpc) is 3.06. The molecule has 0 amide bonds. The standard InChI is InChI=1S/C35H22ClN3/c36-35-38-33(26-15-13-25(14-16-26)32-12-6-10-24-9-4-5-11-31(24)32)37-34(39-35)30-20-19-28-21-27(17-18-29(28)22-30)23-7-2-1-3-8-23/h1-22H/i1D,2D,3D,7D,8D,12D. The summed E-state index contributed by atoms with van der Waals surface area (Å²) in [5.74, 6) is 0.811. The Labute approximate surface area is 239 Å². The zero-order valence-electron chi connectivity index (χ0n) is 26.5. The second kappa shape index (κ2) is 9.79. The van der Waals surface area contributed by atoms with Gasteiger partial charge in [-0.15, -0.1) is 0 Å². The van der Waals surface area contributed by atoms with Crippen LogP contribution >= 0.6 is 11.6 Å². The molecule has 0 bridgehead atoms. The monoisotopic (exact) mass is 525 g/mol. The van der Waals surface area contributed by atoms with Gasteiger partial charge >= 0.3 is 0 Å². The normalized spacial score (nSPS) is 13.4. The van der Waals surface area contributed by atoms with E-state index in [9.17, 15) is 0 Å². The van der Waals surface area contributed by atoms with Gasteiger partial charge in [0.05, 0.1) is 8.22 Å². The number of halogens is 1. The molecule has 184 valence electrons. The van der Waals surface area contributed by atoms with Crippen LogP contribution in [0.15, 0.2) is 133 Å². The Morgan fingerprint density at radius 2 is 1.10 bits per heavy atom. The highest BCUT2D eigenvalue weighted by Crippen LogP contribution is 2.31. The van der Waals surface area contributed by atoms with Crippen LogP contribution in [-0.4, -0.2) is 15.0 Å². The first kappa shape index (κ1) is 17.6. The summed E-state index contributed by atoms with van der Waals surface area (Å²) >= 11 is 6.37. The van der Waals surface area contributed by atoms with Crippen molar-refractivity contribution < 1.29 is 8.22 Å². The first-order valence-electron chi connectivity index (χ1n) is 15.3. The number of benzene rings is 6. The lowest BCUT2D eigenvalue weighted by Crippen LogP contribution is -1.97. The molecular weight excluding hydrogens is 498 g/mol. The minimum atomic E-state index is -0.419. The second-order valence-corrected chi connectivity index (χ2v) is 9.38. The van der Waals surface area contributed by atoms with Crippen molar-refractivity contribution in [3.63, 3.8) is 0 Å². The van der Waals surface area contributed by atoms with Crippen LogP contribution in [0, 0.1) is 0 Å². The predicted molar refractivity (Wildman–Crippen MR) is 162 cm³/mol. The molecule has 0 spiro atoms. The summed E-state index contributed by atoms with van der Waals surface area (Å²) in [6, 6.07) is 29.3. The maximum atomic E-state index is 8.53. The molecule has 4 heteroatoms. The van der Waals surface area contributed by atoms with E-state index in [1.807, 2.05) is 84.9 Å². The second-order valence-electron chi connectivity index (χ2n) is 9.05. The molecule has 0 aliphatic heterocycles. The third-order valence-electron chi connectivity index (χ3n) is 6.65. The van der Waals surface area contributed by atoms with E-state index >= 15 is 0 Å². The molecule has 0 radical (unpaired) electrons. The van der Waals surface area contributed by atoms with Gasteiger partial charge in [-0.2, -0.15) is 9.97 Å². The van der Waals surface area contributed by atoms with E-state index in [4.69, 9.17) is 24.8 Å². The van der Waals surface area contributed by atoms with Crippen LogP contribution in [0.4, 0.5) is 0 Å². The summed E-state index contributed by atoms with van der Waals surface area (Å²) < 4.78 is 49.1. The van der Waals surface area contributed by atoms with E-state index in [0.29, 0.717) is 23.3 Å². The Bertz CT molecular complexity index is 2280. The van der Waals surface area contributed by atoms with Crippen LogP contribution < -0.4 is 0 Å². The largest absolute Gasteiger partial charge is 0.226 e. The van der Waals surface area contributed by atoms with E-state index in [1.165, 1.54) is 0 Å². The Kier molecular flexibility index (Phi) is 4.42. The van der Waals surface area contributed by atoms with Gasteiger partial charge < -0.3 is 0 Å². The van der Waals surface area contributed by atoms with Gasteiger partial charge in [0.25, 0.3) is 0 Å². The Balaban J connectivity index is 1.24. The lowest BCUT2D eigenvalue weighted by molar-refractivity contribution is 1.07. The van der Waals surface area contributed by atoms with Crippen molar-refractivity contribution in [2.24, 2.45) is 0 Å². The maximum absolute atomic E-state index is 8.53. The highest BCUT2D eigenvalue weighted by molar-refractivity contribution is 6.28. The number of nitrogens with zero attached hydrogens (tertiary/aromatic N) is 3. The molecule has 0 aliphatic rings. The summed E-state index contributed by atoms with van der Waals surface area (Å²) in [7, 11) is 0. The van der Waals surface area contributed by atoms with Crippen LogP contribution in [0.5, 0.6) is 0 Å². The predicted octanol–water partition coefficient (Wildman–Crippen LogP) is 9.50. The van der Waals surface area contributed by atoms with Gasteiger partial charge in [0, 0.05) is 11.1 Å². The fourth-order valence-electron chi connectivity index (χ4n) is 4.73. The first-order valence-corrected chi connectivity index (χ1v) is 12.7. The average molecular weight is 526 g/mol. The minimum Gasteiger partial charge on any atom is -0.208 e. The van der Waals surface area contributed by atoms with Crippen LogP contribution in [0.1, 0.15) is 8.22 Å². The topological polar surface area (TPSA) is 38.7 Å². The van der Waals surface area contributed by atoms with Crippen molar-refractivity contribution in [2.45, 2.75) is 0 Å². The number of hydrogen-bond donors (Lipinski definition) is 0. The van der Waals surface area contributed by atoms with E-state index in [0.717, 1.165) is 43.8 Å². The van der Waals surface area contributed by atoms with Crippen molar-refractivity contribution in [3.8, 4) is 45.0 Å². The fourth-order valence-corrected chi connectivity index (χ4v) is 4.89. The number of fused-ring (bicyclic) bond motifs is 2. The number of rotatable bonds is 4. The lowest BCUT2D eigenvalue weighted by Gasteiger charge is -2.09. The molecule has 7 rings (SSSR count). The van der Waals surface area contributed by atoms with E-state index in [1.54, 1.807) is 12.1 Å². The lowest BCUT2D eigenvalue weighted by atomic mass is 9.97. The third-order valence-corrected chi connectivity index (χ3v) is 6.82. The van der Waals surface area contributed by atoms with Crippen molar-refractivity contribution in [2.75, 3.05) is 0 Å². The van der Waals surface area contributed by atoms with E-state index in [-0.39, 0.29) is 35.0 Å². The van der Waals surface area contributed by atoms with Crippen LogP contribution in [-0.2, 0) is 0 Å². The molecule has 3 nitrogen and oxygen atoms in total. The van der Waals surface area contributed by atoms with E-state index < -0.39 is 6.04 Å². The summed E-state index contributed by atoms with van der Waals surface area (Å²) in [6.07, 6.45) is 0. The molecule has 0 N–H and O–H groups in total. The molecule has 0 fully saturated rings. The smallest absolute Gasteiger partial charge is 0.208 e. The Morgan fingerprint density at radius 3 is 1.90 bits per heavy atom. The zero-order chi connectivity index (χ0) is 31.4. The molecule has 7 aromatic rings. The summed E-state index contributed by atoms with van der Waals surface area (Å²) in [4.78, 5) is 13.5. The molecule has 39 heavy (non-hydrogen) atoms. The Morgan fingerprint density at radius 1 is 0.487 bits per heavy atom. The van der Waals surface area contributed by atoms with Gasteiger partial charge in [-0.25, -0.2) is 4.98 Å². The SMILES string of the molecule is [2H]c1ccc2ccccc2c1-c1ccc(-c2nc(Cl)nc(-c3ccc4cc(-c5c([2H])c([2H])c([2H])c([2H])c5[2H])ccc4c3)n2)cc1. The summed E-state index contributed by atoms with van der Waals surface area (Å²) in [6.45, 7) is 0. The fraction of sp³-hybridized carbons (Fsp3) is 0. The third kappa shape index (κ3) is 4.54. The van der Waals surface area contributed by atoms with Crippen molar-refractivity contribution >= 4 is 33.1 Å². The molecule has 0 aliphatic carbocycles. The van der Waals surface area contributed by atoms with Gasteiger partial charge in [-0.3, -0.25) is 0 Å². The highest BCUT2D eigenvalue weighted by Gasteiger charge is 2.12. The van der Waals surface area contributed by atoms with E-state index in [2.05, 4.69) is 9.97 Å². The van der Waals surface area contributed by atoms with Crippen molar-refractivity contribution in [1.29, 1.82) is 0 Å². The Hall–Kier alpha value is -4.86. The van der Waals surface area contributed by atoms with Gasteiger partial charge in [-0.1, -0.05) is 121 Å². The zero-order valence-corrected chi connectivity index (χ0v) is 21.2. The van der Waals surface area contributed by atoms with Crippen molar-refractivity contribution in [3.05, 3.63) is 139 Å². The maximum Gasteiger partial charge on any atom is 0.226 e. The molecule has 0 saturated carbocycles. The number of hydrogen-bond acceptors (Lipinski definition) is 3. The van der Waals surface area contributed by atoms with Crippen LogP contribution in [0.3, 0.4) is 0 Å².